The first kappa shape index (κ1) is 31.5. The van der Waals surface area contributed by atoms with E-state index in [0.29, 0.717) is 0 Å². The van der Waals surface area contributed by atoms with E-state index in [0.717, 1.165) is 21.4 Å². The summed E-state index contributed by atoms with van der Waals surface area (Å²) in [5.74, 6) is 1.80. The van der Waals surface area contributed by atoms with E-state index in [2.05, 4.69) is 89.4 Å². The van der Waals surface area contributed by atoms with Crippen molar-refractivity contribution in [2.24, 2.45) is 11.8 Å². The molecule has 2 heteroatoms. The van der Waals surface area contributed by atoms with Crippen molar-refractivity contribution in [3.8, 4) is 0 Å². The summed E-state index contributed by atoms with van der Waals surface area (Å²) in [6, 6.07) is 0. The van der Waals surface area contributed by atoms with Gasteiger partial charge < -0.3 is 12.8 Å². The van der Waals surface area contributed by atoms with Crippen LogP contribution in [0.15, 0.2) is 72.9 Å². The van der Waals surface area contributed by atoms with E-state index >= 15 is 0 Å². The Balaban J connectivity index is 0. The van der Waals surface area contributed by atoms with Crippen molar-refractivity contribution >= 4 is 9.52 Å². The first-order valence-electron chi connectivity index (χ1n) is 11.1. The Morgan fingerprint density at radius 1 is 0.867 bits per heavy atom. The van der Waals surface area contributed by atoms with E-state index in [1.54, 1.807) is 11.1 Å². The minimum atomic E-state index is 0. The topological polar surface area (TPSA) is 0 Å². The van der Waals surface area contributed by atoms with Gasteiger partial charge in [0.05, 0.1) is 0 Å². The zero-order valence-corrected chi connectivity index (χ0v) is 23.1. The van der Waals surface area contributed by atoms with Crippen molar-refractivity contribution in [1.82, 2.24) is 0 Å². The Hall–Kier alpha value is -0.720. The fraction of sp³-hybridized carbons (Fsp3) is 0.429. The largest absolute Gasteiger partial charge is 4.00 e. The average Bonchev–Trinajstić information content (AvgIpc) is 3.21. The molecule has 2 saturated carbocycles. The molecule has 0 heterocycles. The summed E-state index contributed by atoms with van der Waals surface area (Å²) in [7, 11) is 0.750. The molecule has 2 unspecified atom stereocenters. The zero-order valence-electron chi connectivity index (χ0n) is 19.5. The number of rotatable bonds is 0. The molecule has 0 amide bonds. The first-order valence-corrected chi connectivity index (χ1v) is 13.4. The molecule has 30 heavy (non-hydrogen) atoms. The van der Waals surface area contributed by atoms with Gasteiger partial charge in [0.2, 0.25) is 0 Å². The smallest absolute Gasteiger partial charge is 0.324 e. The molecule has 4 rings (SSSR count). The number of hydrogen-bond donors (Lipinski definition) is 0. The van der Waals surface area contributed by atoms with Crippen LogP contribution in [0.5, 0.6) is 0 Å². The van der Waals surface area contributed by atoms with Gasteiger partial charge in [-0.3, -0.25) is 0 Å². The van der Waals surface area contributed by atoms with Gasteiger partial charge in [0.1, 0.15) is 0 Å². The van der Waals surface area contributed by atoms with Gasteiger partial charge in [-0.2, -0.15) is 25.7 Å². The average molecular weight is 499 g/mol. The van der Waals surface area contributed by atoms with Crippen molar-refractivity contribution in [1.29, 1.82) is 0 Å². The predicted molar refractivity (Wildman–Crippen MR) is 137 cm³/mol. The molecule has 0 N–H and O–H groups in total. The summed E-state index contributed by atoms with van der Waals surface area (Å²) in [6.07, 6.45) is 31.9. The second kappa shape index (κ2) is 23.0. The second-order valence-electron chi connectivity index (χ2n) is 7.50. The molecule has 1 radical (unpaired) electrons. The molecule has 2 fully saturated rings. The first-order chi connectivity index (χ1) is 14.2. The summed E-state index contributed by atoms with van der Waals surface area (Å²) < 4.78 is 0. The molecule has 4 aliphatic carbocycles. The quantitative estimate of drug-likeness (QED) is 0.233. The van der Waals surface area contributed by atoms with Crippen molar-refractivity contribution < 1.29 is 26.2 Å². The van der Waals surface area contributed by atoms with Crippen LogP contribution in [0.25, 0.3) is 0 Å². The monoisotopic (exact) mass is 497 g/mol. The summed E-state index contributed by atoms with van der Waals surface area (Å²) in [5, 5.41) is 0. The predicted octanol–water partition coefficient (Wildman–Crippen LogP) is 8.28. The third-order valence-electron chi connectivity index (χ3n) is 4.97. The van der Waals surface area contributed by atoms with E-state index < -0.39 is 0 Å². The second-order valence-corrected chi connectivity index (χ2v) is 8.65. The standard InChI is InChI=1S/2C10H13.2C3H5.C2H7Si.Zr/c2*1-2-5-9-7-4-8-10(9)6-3-1;3*1-3-2;/h2*1-2,4-5,10H,3,6-8H2;2*3H,1-2H2;3H,1-2H3;/q4*-1;;+4. The van der Waals surface area contributed by atoms with Crippen molar-refractivity contribution in [2.75, 3.05) is 0 Å². The maximum atomic E-state index is 3.25. The Kier molecular flexibility index (Phi) is 24.1. The van der Waals surface area contributed by atoms with Gasteiger partial charge in [0.15, 0.2) is 0 Å². The molecule has 163 valence electrons. The van der Waals surface area contributed by atoms with Crippen LogP contribution in [0, 0.1) is 38.5 Å². The summed E-state index contributed by atoms with van der Waals surface area (Å²) in [6.45, 7) is 17.4. The molecule has 2 atom stereocenters. The van der Waals surface area contributed by atoms with Gasteiger partial charge in [-0.15, -0.1) is 0 Å². The number of fused-ring (bicyclic) bond motifs is 2. The van der Waals surface area contributed by atoms with Crippen LogP contribution in [0.3, 0.4) is 0 Å². The number of hydrogen-bond acceptors (Lipinski definition) is 0. The SMILES string of the molecule is C1=CCCC2C[CH-]CC2=C1.C1=CCCC2C[CH-]CC2=C1.C=C[CH2-].C=C[CH2-].C[SiH]C.[Zr+4]. The fourth-order valence-electron chi connectivity index (χ4n) is 3.72. The molecule has 4 aliphatic rings. The third kappa shape index (κ3) is 15.1. The third-order valence-corrected chi connectivity index (χ3v) is 4.97. The minimum Gasteiger partial charge on any atom is -0.324 e. The Bertz CT molecular complexity index is 491. The van der Waals surface area contributed by atoms with Gasteiger partial charge in [-0.1, -0.05) is 60.7 Å². The fourth-order valence-corrected chi connectivity index (χ4v) is 3.72. The summed E-state index contributed by atoms with van der Waals surface area (Å²) >= 11 is 0. The van der Waals surface area contributed by atoms with Crippen molar-refractivity contribution in [3.05, 3.63) is 99.6 Å². The Morgan fingerprint density at radius 2 is 1.20 bits per heavy atom. The molecule has 0 spiro atoms. The van der Waals surface area contributed by atoms with E-state index in [4.69, 9.17) is 0 Å². The van der Waals surface area contributed by atoms with Crippen LogP contribution >= 0.6 is 0 Å². The zero-order chi connectivity index (χ0) is 21.7. The Labute approximate surface area is 210 Å². The molecule has 0 aromatic heterocycles. The van der Waals surface area contributed by atoms with Gasteiger partial charge in [-0.25, -0.2) is 39.2 Å². The van der Waals surface area contributed by atoms with Crippen LogP contribution in [-0.2, 0) is 26.2 Å². The van der Waals surface area contributed by atoms with Gasteiger partial charge in [0, 0.05) is 9.52 Å². The minimum absolute atomic E-state index is 0. The molecule has 0 aromatic carbocycles. The molecule has 0 saturated heterocycles. The van der Waals surface area contributed by atoms with E-state index in [9.17, 15) is 0 Å². The van der Waals surface area contributed by atoms with Crippen molar-refractivity contribution in [3.63, 3.8) is 0 Å². The van der Waals surface area contributed by atoms with E-state index in [-0.39, 0.29) is 26.2 Å². The molecule has 0 aliphatic heterocycles. The van der Waals surface area contributed by atoms with Gasteiger partial charge >= 0.3 is 26.2 Å². The van der Waals surface area contributed by atoms with E-state index in [1.165, 1.54) is 63.5 Å². The van der Waals surface area contributed by atoms with Crippen LogP contribution < -0.4 is 0 Å². The molecule has 0 aromatic rings. The maximum Gasteiger partial charge on any atom is 4.00 e. The van der Waals surface area contributed by atoms with Gasteiger partial charge in [0.25, 0.3) is 0 Å². The molecule has 0 nitrogen and oxygen atoms in total. The summed E-state index contributed by atoms with van der Waals surface area (Å²) in [5.41, 5.74) is 3.32. The van der Waals surface area contributed by atoms with Crippen LogP contribution in [-0.4, -0.2) is 9.52 Å². The molecule has 0 bridgehead atoms. The van der Waals surface area contributed by atoms with Crippen LogP contribution in [0.4, 0.5) is 0 Å². The summed E-state index contributed by atoms with van der Waals surface area (Å²) in [4.78, 5) is 0. The maximum absolute atomic E-state index is 3.25. The van der Waals surface area contributed by atoms with E-state index in [1.807, 2.05) is 0 Å². The molecular formula is C28H43SiZr. The molecular weight excluding hydrogens is 456 g/mol. The Morgan fingerprint density at radius 3 is 1.53 bits per heavy atom. The van der Waals surface area contributed by atoms with Gasteiger partial charge in [-0.05, 0) is 37.5 Å². The number of allylic oxidation sites excluding steroid dienone is 10. The van der Waals surface area contributed by atoms with Crippen LogP contribution in [0.1, 0.15) is 51.4 Å². The normalized spacial score (nSPS) is 22.2. The van der Waals surface area contributed by atoms with Crippen molar-refractivity contribution in [2.45, 2.75) is 64.5 Å². The van der Waals surface area contributed by atoms with Crippen LogP contribution in [0.2, 0.25) is 13.1 Å².